The van der Waals surface area contributed by atoms with E-state index in [9.17, 15) is 29.4 Å². The van der Waals surface area contributed by atoms with E-state index >= 15 is 0 Å². The zero-order chi connectivity index (χ0) is 29.4. The van der Waals surface area contributed by atoms with E-state index in [0.717, 1.165) is 16.5 Å². The van der Waals surface area contributed by atoms with Crippen molar-refractivity contribution in [2.45, 2.75) is 64.2 Å². The van der Waals surface area contributed by atoms with Crippen molar-refractivity contribution in [1.29, 1.82) is 0 Å². The first-order valence-electron chi connectivity index (χ1n) is 13.2. The van der Waals surface area contributed by atoms with Crippen LogP contribution in [0.15, 0.2) is 54.7 Å². The number of nitrogens with one attached hydrogen (secondary N) is 4. The van der Waals surface area contributed by atoms with Crippen LogP contribution in [-0.4, -0.2) is 63.1 Å². The number of rotatable bonds is 13. The van der Waals surface area contributed by atoms with Gasteiger partial charge in [0.2, 0.25) is 17.7 Å². The predicted octanol–water partition coefficient (Wildman–Crippen LogP) is 1.59. The van der Waals surface area contributed by atoms with E-state index in [1.54, 1.807) is 18.3 Å². The molecular formula is C29H37N5O6. The van der Waals surface area contributed by atoms with E-state index < -0.39 is 47.9 Å². The van der Waals surface area contributed by atoms with E-state index in [1.165, 1.54) is 19.1 Å². The highest BCUT2D eigenvalue weighted by atomic mass is 16.4. The summed E-state index contributed by atoms with van der Waals surface area (Å²) in [4.78, 5) is 54.2. The molecule has 0 fully saturated rings. The second-order valence-electron chi connectivity index (χ2n) is 10.4. The number of amides is 3. The number of H-pyrrole nitrogens is 1. The van der Waals surface area contributed by atoms with Crippen molar-refractivity contribution >= 4 is 34.6 Å². The molecule has 3 rings (SSSR count). The topological polar surface area (TPSA) is 187 Å². The number of phenols is 1. The van der Waals surface area contributed by atoms with Crippen LogP contribution in [0.3, 0.4) is 0 Å². The number of fused-ring (bicyclic) bond motifs is 1. The average molecular weight is 552 g/mol. The van der Waals surface area contributed by atoms with Crippen LogP contribution in [0.25, 0.3) is 10.9 Å². The highest BCUT2D eigenvalue weighted by molar-refractivity contribution is 5.95. The molecule has 3 aromatic rings. The maximum atomic E-state index is 13.6. The number of para-hydroxylation sites is 1. The first-order valence-corrected chi connectivity index (χ1v) is 13.2. The maximum Gasteiger partial charge on any atom is 0.325 e. The molecular weight excluding hydrogens is 514 g/mol. The molecule has 214 valence electrons. The molecule has 0 aliphatic carbocycles. The third-order valence-electron chi connectivity index (χ3n) is 6.53. The summed E-state index contributed by atoms with van der Waals surface area (Å²) >= 11 is 0. The molecule has 11 heteroatoms. The average Bonchev–Trinajstić information content (AvgIpc) is 3.31. The van der Waals surface area contributed by atoms with Gasteiger partial charge < -0.3 is 36.9 Å². The number of hydrogen-bond donors (Lipinski definition) is 7. The number of phenolic OH excluding ortho intramolecular Hbond substituents is 1. The molecule has 0 saturated carbocycles. The lowest BCUT2D eigenvalue weighted by Crippen LogP contribution is -2.58. The Morgan fingerprint density at radius 2 is 1.45 bits per heavy atom. The molecule has 0 bridgehead atoms. The summed E-state index contributed by atoms with van der Waals surface area (Å²) < 4.78 is 0. The number of aromatic amines is 1. The van der Waals surface area contributed by atoms with Gasteiger partial charge in [0.05, 0.1) is 6.04 Å². The lowest BCUT2D eigenvalue weighted by molar-refractivity contribution is -0.141. The zero-order valence-electron chi connectivity index (χ0n) is 22.8. The van der Waals surface area contributed by atoms with Gasteiger partial charge >= 0.3 is 5.97 Å². The third-order valence-corrected chi connectivity index (χ3v) is 6.53. The number of aromatic hydroxyl groups is 1. The summed E-state index contributed by atoms with van der Waals surface area (Å²) in [5.41, 5.74) is 8.31. The summed E-state index contributed by atoms with van der Waals surface area (Å²) in [6, 6.07) is 9.41. The SMILES string of the molecule is CC(C)CC(N)C(=O)NC(Cc1ccc(O)cc1)C(=O)NC(Cc1c[nH]c2ccccc12)C(=O)NC(C)C(=O)O. The molecule has 1 aromatic heterocycles. The quantitative estimate of drug-likeness (QED) is 0.168. The summed E-state index contributed by atoms with van der Waals surface area (Å²) in [6.07, 6.45) is 2.29. The Balaban J connectivity index is 1.87. The molecule has 8 N–H and O–H groups in total. The Hall–Kier alpha value is -4.38. The summed E-state index contributed by atoms with van der Waals surface area (Å²) in [5.74, 6) is -2.84. The largest absolute Gasteiger partial charge is 0.508 e. The van der Waals surface area contributed by atoms with Gasteiger partial charge in [0.15, 0.2) is 0 Å². The molecule has 4 unspecified atom stereocenters. The standard InChI is InChI=1S/C29H37N5O6/c1-16(2)12-22(30)26(36)33-24(13-18-8-10-20(35)11-9-18)28(38)34-25(27(37)32-17(3)29(39)40)14-19-15-31-23-7-5-4-6-21(19)23/h4-11,15-17,22,24-25,31,35H,12-14,30H2,1-3H3,(H,32,37)(H,33,36)(H,34,38)(H,39,40). The van der Waals surface area contributed by atoms with Crippen LogP contribution in [-0.2, 0) is 32.0 Å². The maximum absolute atomic E-state index is 13.6. The molecule has 11 nitrogen and oxygen atoms in total. The number of carboxylic acids is 1. The van der Waals surface area contributed by atoms with E-state index in [2.05, 4.69) is 20.9 Å². The van der Waals surface area contributed by atoms with E-state index in [0.29, 0.717) is 12.0 Å². The molecule has 40 heavy (non-hydrogen) atoms. The molecule has 2 aromatic carbocycles. The minimum absolute atomic E-state index is 0.0516. The molecule has 4 atom stereocenters. The normalized spacial score (nSPS) is 14.2. The molecule has 0 spiro atoms. The fraction of sp³-hybridized carbons (Fsp3) is 0.379. The minimum Gasteiger partial charge on any atom is -0.508 e. The van der Waals surface area contributed by atoms with Gasteiger partial charge in [0.1, 0.15) is 23.9 Å². The van der Waals surface area contributed by atoms with Crippen LogP contribution < -0.4 is 21.7 Å². The number of carboxylic acid groups (broad SMARTS) is 1. The predicted molar refractivity (Wildman–Crippen MR) is 150 cm³/mol. The van der Waals surface area contributed by atoms with Crippen molar-refractivity contribution in [1.82, 2.24) is 20.9 Å². The third kappa shape index (κ3) is 8.31. The van der Waals surface area contributed by atoms with Crippen molar-refractivity contribution in [3.63, 3.8) is 0 Å². The number of carbonyl (C=O) groups excluding carboxylic acids is 3. The van der Waals surface area contributed by atoms with Crippen LogP contribution >= 0.6 is 0 Å². The first-order chi connectivity index (χ1) is 18.9. The van der Waals surface area contributed by atoms with E-state index in [4.69, 9.17) is 5.73 Å². The summed E-state index contributed by atoms with van der Waals surface area (Å²) in [7, 11) is 0. The number of benzene rings is 2. The van der Waals surface area contributed by atoms with Gasteiger partial charge in [-0.1, -0.05) is 44.2 Å². The second kappa shape index (κ2) is 13.6. The van der Waals surface area contributed by atoms with Crippen LogP contribution in [0, 0.1) is 5.92 Å². The van der Waals surface area contributed by atoms with Crippen molar-refractivity contribution in [2.75, 3.05) is 0 Å². The van der Waals surface area contributed by atoms with Gasteiger partial charge in [0.25, 0.3) is 0 Å². The Morgan fingerprint density at radius 1 is 0.850 bits per heavy atom. The van der Waals surface area contributed by atoms with Crippen molar-refractivity contribution in [3.05, 3.63) is 65.9 Å². The fourth-order valence-corrected chi connectivity index (χ4v) is 4.35. The number of carbonyl (C=O) groups is 4. The van der Waals surface area contributed by atoms with Crippen molar-refractivity contribution in [3.8, 4) is 5.75 Å². The first kappa shape index (κ1) is 30.2. The Morgan fingerprint density at radius 3 is 2.10 bits per heavy atom. The fourth-order valence-electron chi connectivity index (χ4n) is 4.35. The van der Waals surface area contributed by atoms with Crippen LogP contribution in [0.5, 0.6) is 5.75 Å². The van der Waals surface area contributed by atoms with Gasteiger partial charge in [-0.2, -0.15) is 0 Å². The van der Waals surface area contributed by atoms with E-state index in [-0.39, 0.29) is 24.5 Å². The number of aromatic nitrogens is 1. The molecule has 0 radical (unpaired) electrons. The zero-order valence-corrected chi connectivity index (χ0v) is 22.8. The van der Waals surface area contributed by atoms with Crippen molar-refractivity contribution < 1.29 is 29.4 Å². The highest BCUT2D eigenvalue weighted by Gasteiger charge is 2.30. The highest BCUT2D eigenvalue weighted by Crippen LogP contribution is 2.19. The number of hydrogen-bond acceptors (Lipinski definition) is 6. The van der Waals surface area contributed by atoms with Crippen molar-refractivity contribution in [2.24, 2.45) is 11.7 Å². The smallest absolute Gasteiger partial charge is 0.325 e. The van der Waals surface area contributed by atoms with Gasteiger partial charge in [0, 0.05) is 29.9 Å². The molecule has 0 aliphatic heterocycles. The second-order valence-corrected chi connectivity index (χ2v) is 10.4. The Labute approximate surface area is 232 Å². The summed E-state index contributed by atoms with van der Waals surface area (Å²) in [6.45, 7) is 5.19. The lowest BCUT2D eigenvalue weighted by Gasteiger charge is -2.25. The molecule has 3 amide bonds. The van der Waals surface area contributed by atoms with Crippen LogP contribution in [0.1, 0.15) is 38.3 Å². The van der Waals surface area contributed by atoms with Crippen LogP contribution in [0.2, 0.25) is 0 Å². The van der Waals surface area contributed by atoms with Gasteiger partial charge in [-0.15, -0.1) is 0 Å². The number of aliphatic carboxylic acids is 1. The van der Waals surface area contributed by atoms with Crippen LogP contribution in [0.4, 0.5) is 0 Å². The van der Waals surface area contributed by atoms with Gasteiger partial charge in [-0.05, 0) is 48.6 Å². The van der Waals surface area contributed by atoms with Gasteiger partial charge in [-0.25, -0.2) is 0 Å². The minimum atomic E-state index is -1.22. The van der Waals surface area contributed by atoms with Gasteiger partial charge in [-0.3, -0.25) is 19.2 Å². The molecule has 1 heterocycles. The molecule has 0 saturated heterocycles. The monoisotopic (exact) mass is 551 g/mol. The lowest BCUT2D eigenvalue weighted by atomic mass is 10.0. The Bertz CT molecular complexity index is 1340. The molecule has 0 aliphatic rings. The summed E-state index contributed by atoms with van der Waals surface area (Å²) in [5, 5.41) is 27.6. The van der Waals surface area contributed by atoms with E-state index in [1.807, 2.05) is 38.1 Å². The Kier molecular flexibility index (Phi) is 10.3. The number of nitrogens with two attached hydrogens (primary N) is 1.